The number of unbranched alkanes of at least 4 members (excludes halogenated alkanes) is 1. The van der Waals surface area contributed by atoms with Gasteiger partial charge in [-0.1, -0.05) is 67.4 Å². The summed E-state index contributed by atoms with van der Waals surface area (Å²) in [6.45, 7) is 6.93. The van der Waals surface area contributed by atoms with Crippen molar-refractivity contribution < 1.29 is 14.3 Å². The summed E-state index contributed by atoms with van der Waals surface area (Å²) in [5.41, 5.74) is 5.52. The molecule has 0 saturated carbocycles. The molecule has 1 N–H and O–H groups in total. The van der Waals surface area contributed by atoms with Crippen LogP contribution in [-0.4, -0.2) is 41.1 Å². The molecule has 7 nitrogen and oxygen atoms in total. The summed E-state index contributed by atoms with van der Waals surface area (Å²) < 4.78 is 7.85. The molecule has 0 aliphatic carbocycles. The number of benzene rings is 3. The molecule has 0 saturated heterocycles. The van der Waals surface area contributed by atoms with E-state index in [0.717, 1.165) is 41.0 Å². The van der Waals surface area contributed by atoms with E-state index in [0.29, 0.717) is 24.6 Å². The molecule has 5 rings (SSSR count). The maximum atomic E-state index is 14.3. The third-order valence-corrected chi connectivity index (χ3v) is 7.20. The summed E-state index contributed by atoms with van der Waals surface area (Å²) in [4.78, 5) is 31.3. The zero-order valence-corrected chi connectivity index (χ0v) is 23.3. The standard InChI is InChI=1S/C33H36N4O3/c1-4-6-21-35(33(39)34-26-12-7-10-16-30(26)40-5-2)23-31(38)37-28-14-9-8-13-27(28)36-22-11-15-29(36)32(37)25-19-17-24(3)18-20-25/h7-20,22,32H,4-6,21,23H2,1-3H3,(H,34,39). The Morgan fingerprint density at radius 2 is 1.62 bits per heavy atom. The van der Waals surface area contributed by atoms with Crippen LogP contribution in [0.25, 0.3) is 5.69 Å². The highest BCUT2D eigenvalue weighted by Gasteiger charge is 2.37. The molecule has 3 aromatic carbocycles. The van der Waals surface area contributed by atoms with Gasteiger partial charge in [0.25, 0.3) is 0 Å². The quantitative estimate of drug-likeness (QED) is 0.252. The van der Waals surface area contributed by atoms with Gasteiger partial charge in [-0.15, -0.1) is 0 Å². The number of aryl methyl sites for hydroxylation is 1. The van der Waals surface area contributed by atoms with Gasteiger partial charge in [0, 0.05) is 12.7 Å². The van der Waals surface area contributed by atoms with Gasteiger partial charge in [0.15, 0.2) is 0 Å². The Bertz CT molecular complexity index is 1480. The minimum Gasteiger partial charge on any atom is -0.492 e. The Morgan fingerprint density at radius 3 is 2.38 bits per heavy atom. The predicted octanol–water partition coefficient (Wildman–Crippen LogP) is 6.95. The van der Waals surface area contributed by atoms with Crippen LogP contribution in [-0.2, 0) is 4.79 Å². The molecular weight excluding hydrogens is 500 g/mol. The lowest BCUT2D eigenvalue weighted by molar-refractivity contribution is -0.119. The number of para-hydroxylation sites is 4. The van der Waals surface area contributed by atoms with E-state index in [4.69, 9.17) is 4.74 Å². The molecule has 2 heterocycles. The molecular formula is C33H36N4O3. The average molecular weight is 537 g/mol. The average Bonchev–Trinajstić information content (AvgIpc) is 3.46. The fourth-order valence-electron chi connectivity index (χ4n) is 5.21. The molecule has 1 aromatic heterocycles. The summed E-state index contributed by atoms with van der Waals surface area (Å²) in [7, 11) is 0. The number of urea groups is 1. The number of hydrogen-bond acceptors (Lipinski definition) is 3. The Balaban J connectivity index is 1.49. The second-order valence-corrected chi connectivity index (χ2v) is 10.0. The molecule has 206 valence electrons. The minimum absolute atomic E-state index is 0.0555. The smallest absolute Gasteiger partial charge is 0.322 e. The zero-order chi connectivity index (χ0) is 28.1. The van der Waals surface area contributed by atoms with Gasteiger partial charge >= 0.3 is 6.03 Å². The molecule has 0 fully saturated rings. The largest absolute Gasteiger partial charge is 0.492 e. The van der Waals surface area contributed by atoms with E-state index in [-0.39, 0.29) is 24.5 Å². The minimum atomic E-state index is -0.326. The third-order valence-electron chi connectivity index (χ3n) is 7.20. The summed E-state index contributed by atoms with van der Waals surface area (Å²) in [6, 6.07) is 27.0. The number of hydrogen-bond donors (Lipinski definition) is 1. The molecule has 1 aliphatic heterocycles. The number of fused-ring (bicyclic) bond motifs is 3. The number of nitrogens with zero attached hydrogens (tertiary/aromatic N) is 3. The summed E-state index contributed by atoms with van der Waals surface area (Å²) in [5, 5.41) is 2.98. The van der Waals surface area contributed by atoms with E-state index in [1.807, 2.05) is 72.6 Å². The second kappa shape index (κ2) is 12.1. The van der Waals surface area contributed by atoms with Crippen molar-refractivity contribution in [2.45, 2.75) is 39.7 Å². The van der Waals surface area contributed by atoms with Gasteiger partial charge < -0.3 is 19.5 Å². The van der Waals surface area contributed by atoms with Gasteiger partial charge in [-0.2, -0.15) is 0 Å². The molecule has 1 aliphatic rings. The van der Waals surface area contributed by atoms with Crippen molar-refractivity contribution in [3.05, 3.63) is 108 Å². The molecule has 0 bridgehead atoms. The van der Waals surface area contributed by atoms with E-state index in [2.05, 4.69) is 54.1 Å². The predicted molar refractivity (Wildman–Crippen MR) is 159 cm³/mol. The Morgan fingerprint density at radius 1 is 0.900 bits per heavy atom. The molecule has 3 amide bonds. The molecule has 1 atom stereocenters. The van der Waals surface area contributed by atoms with Crippen molar-refractivity contribution in [1.29, 1.82) is 0 Å². The van der Waals surface area contributed by atoms with Crippen LogP contribution in [0, 0.1) is 6.92 Å². The molecule has 40 heavy (non-hydrogen) atoms. The number of aromatic nitrogens is 1. The summed E-state index contributed by atoms with van der Waals surface area (Å²) >= 11 is 0. The van der Waals surface area contributed by atoms with E-state index in [9.17, 15) is 9.59 Å². The Labute approximate surface area is 236 Å². The first-order valence-corrected chi connectivity index (χ1v) is 13.9. The summed E-state index contributed by atoms with van der Waals surface area (Å²) in [5.74, 6) is 0.458. The summed E-state index contributed by atoms with van der Waals surface area (Å²) in [6.07, 6.45) is 3.72. The van der Waals surface area contributed by atoms with E-state index in [1.165, 1.54) is 0 Å². The van der Waals surface area contributed by atoms with Crippen LogP contribution >= 0.6 is 0 Å². The molecule has 7 heteroatoms. The molecule has 0 radical (unpaired) electrons. The fraction of sp³-hybridized carbons (Fsp3) is 0.273. The number of anilines is 2. The maximum Gasteiger partial charge on any atom is 0.322 e. The number of amides is 3. The first-order valence-electron chi connectivity index (χ1n) is 13.9. The van der Waals surface area contributed by atoms with Crippen molar-refractivity contribution in [3.63, 3.8) is 0 Å². The van der Waals surface area contributed by atoms with Gasteiger partial charge in [-0.05, 0) is 62.2 Å². The van der Waals surface area contributed by atoms with E-state index in [1.54, 1.807) is 4.90 Å². The van der Waals surface area contributed by atoms with Crippen LogP contribution in [0.4, 0.5) is 16.2 Å². The van der Waals surface area contributed by atoms with Crippen LogP contribution in [0.1, 0.15) is 49.6 Å². The number of carbonyl (C=O) groups excluding carboxylic acids is 2. The Kier molecular flexibility index (Phi) is 8.20. The van der Waals surface area contributed by atoms with Gasteiger partial charge in [0.1, 0.15) is 18.3 Å². The van der Waals surface area contributed by atoms with E-state index < -0.39 is 0 Å². The SMILES string of the molecule is CCCCN(CC(=O)N1c2ccccc2-n2cccc2C1c1ccc(C)cc1)C(=O)Nc1ccccc1OCC. The number of ether oxygens (including phenoxy) is 1. The first-order chi connectivity index (χ1) is 19.5. The second-order valence-electron chi connectivity index (χ2n) is 10.0. The lowest BCUT2D eigenvalue weighted by atomic mass is 9.97. The van der Waals surface area contributed by atoms with Crippen LogP contribution in [0.3, 0.4) is 0 Å². The highest BCUT2D eigenvalue weighted by atomic mass is 16.5. The van der Waals surface area contributed by atoms with Gasteiger partial charge in [0.05, 0.1) is 29.4 Å². The molecule has 4 aromatic rings. The monoisotopic (exact) mass is 536 g/mol. The van der Waals surface area contributed by atoms with E-state index >= 15 is 0 Å². The van der Waals surface area contributed by atoms with Gasteiger partial charge in [-0.25, -0.2) is 4.79 Å². The van der Waals surface area contributed by atoms with Crippen molar-refractivity contribution >= 4 is 23.3 Å². The van der Waals surface area contributed by atoms with Gasteiger partial charge in [0.2, 0.25) is 5.91 Å². The topological polar surface area (TPSA) is 66.8 Å². The normalized spacial score (nSPS) is 13.8. The zero-order valence-electron chi connectivity index (χ0n) is 23.3. The fourth-order valence-corrected chi connectivity index (χ4v) is 5.21. The number of nitrogens with one attached hydrogen (secondary N) is 1. The first kappa shape index (κ1) is 27.1. The molecule has 1 unspecified atom stereocenters. The number of rotatable bonds is 9. The number of carbonyl (C=O) groups is 2. The highest BCUT2D eigenvalue weighted by molar-refractivity contribution is 6.01. The Hall–Kier alpha value is -4.52. The highest BCUT2D eigenvalue weighted by Crippen LogP contribution is 2.42. The molecule has 0 spiro atoms. The van der Waals surface area contributed by atoms with Crippen molar-refractivity contribution in [2.24, 2.45) is 0 Å². The van der Waals surface area contributed by atoms with Gasteiger partial charge in [-0.3, -0.25) is 9.69 Å². The lowest BCUT2D eigenvalue weighted by Crippen LogP contribution is -2.48. The van der Waals surface area contributed by atoms with Crippen LogP contribution in [0.5, 0.6) is 5.75 Å². The van der Waals surface area contributed by atoms with Crippen molar-refractivity contribution in [2.75, 3.05) is 29.9 Å². The van der Waals surface area contributed by atoms with Crippen LogP contribution in [0.2, 0.25) is 0 Å². The van der Waals surface area contributed by atoms with Crippen molar-refractivity contribution in [1.82, 2.24) is 9.47 Å². The maximum absolute atomic E-state index is 14.3. The third kappa shape index (κ3) is 5.45. The van der Waals surface area contributed by atoms with Crippen LogP contribution in [0.15, 0.2) is 91.1 Å². The van der Waals surface area contributed by atoms with Crippen molar-refractivity contribution in [3.8, 4) is 11.4 Å². The van der Waals surface area contributed by atoms with Crippen LogP contribution < -0.4 is 15.0 Å². The lowest BCUT2D eigenvalue weighted by Gasteiger charge is -2.39.